The third-order valence-electron chi connectivity index (χ3n) is 4.42. The average molecular weight is 388 g/mol. The predicted octanol–water partition coefficient (Wildman–Crippen LogP) is 0.866. The number of aryl methyl sites for hydroxylation is 3. The van der Waals surface area contributed by atoms with E-state index in [0.29, 0.717) is 16.7 Å². The molecule has 142 valence electrons. The van der Waals surface area contributed by atoms with E-state index in [1.807, 2.05) is 13.0 Å². The van der Waals surface area contributed by atoms with Crippen LogP contribution in [0.4, 0.5) is 5.69 Å². The van der Waals surface area contributed by atoms with Crippen LogP contribution in [0.3, 0.4) is 0 Å². The van der Waals surface area contributed by atoms with Gasteiger partial charge < -0.3 is 5.73 Å². The lowest BCUT2D eigenvalue weighted by Crippen LogP contribution is -2.38. The fraction of sp³-hybridized carbons (Fsp3) is 0.222. The fourth-order valence-electron chi connectivity index (χ4n) is 3.01. The lowest BCUT2D eigenvalue weighted by atomic mass is 10.2. The number of imidazole rings is 1. The van der Waals surface area contributed by atoms with E-state index in [4.69, 9.17) is 5.73 Å². The van der Waals surface area contributed by atoms with Crippen molar-refractivity contribution in [3.63, 3.8) is 0 Å². The molecule has 3 rings (SSSR count). The summed E-state index contributed by atoms with van der Waals surface area (Å²) >= 11 is 0. The monoisotopic (exact) mass is 388 g/mol. The number of benzene rings is 2. The molecule has 27 heavy (non-hydrogen) atoms. The summed E-state index contributed by atoms with van der Waals surface area (Å²) in [6.45, 7) is 1.34. The van der Waals surface area contributed by atoms with Gasteiger partial charge in [-0.1, -0.05) is 12.1 Å². The first-order chi connectivity index (χ1) is 12.6. The van der Waals surface area contributed by atoms with Gasteiger partial charge in [-0.05, 0) is 42.8 Å². The minimum atomic E-state index is -4.07. The number of primary amides is 1. The van der Waals surface area contributed by atoms with Crippen molar-refractivity contribution in [1.29, 1.82) is 0 Å². The molecule has 1 heterocycles. The quantitative estimate of drug-likeness (QED) is 0.699. The summed E-state index contributed by atoms with van der Waals surface area (Å²) < 4.78 is 30.3. The van der Waals surface area contributed by atoms with Crippen molar-refractivity contribution < 1.29 is 13.2 Å². The number of amides is 1. The number of rotatable bonds is 5. The molecule has 3 aromatic rings. The maximum Gasteiger partial charge on any atom is 0.328 e. The Morgan fingerprint density at radius 2 is 1.74 bits per heavy atom. The molecule has 0 saturated heterocycles. The van der Waals surface area contributed by atoms with E-state index in [-0.39, 0.29) is 10.6 Å². The summed E-state index contributed by atoms with van der Waals surface area (Å²) in [5.41, 5.74) is 7.31. The molecule has 0 fully saturated rings. The molecule has 0 radical (unpaired) electrons. The second-order valence-electron chi connectivity index (χ2n) is 6.37. The molecule has 0 bridgehead atoms. The van der Waals surface area contributed by atoms with Crippen molar-refractivity contribution in [2.45, 2.75) is 11.8 Å². The Morgan fingerprint density at radius 1 is 1.07 bits per heavy atom. The Labute approximate surface area is 156 Å². The molecule has 2 N–H and O–H groups in total. The number of anilines is 1. The van der Waals surface area contributed by atoms with Gasteiger partial charge in [0.2, 0.25) is 5.91 Å². The van der Waals surface area contributed by atoms with Crippen molar-refractivity contribution in [3.8, 4) is 0 Å². The summed E-state index contributed by atoms with van der Waals surface area (Å²) in [7, 11) is -0.882. The first-order valence-electron chi connectivity index (χ1n) is 8.16. The second kappa shape index (κ2) is 6.58. The molecule has 0 saturated carbocycles. The summed E-state index contributed by atoms with van der Waals surface area (Å²) in [6.07, 6.45) is 0. The number of hydrogen-bond donors (Lipinski definition) is 1. The number of nitrogens with zero attached hydrogens (tertiary/aromatic N) is 3. The van der Waals surface area contributed by atoms with E-state index in [1.165, 1.54) is 21.3 Å². The molecule has 9 heteroatoms. The smallest absolute Gasteiger partial charge is 0.328 e. The minimum Gasteiger partial charge on any atom is -0.368 e. The van der Waals surface area contributed by atoms with E-state index >= 15 is 0 Å². The topological polar surface area (TPSA) is 107 Å². The van der Waals surface area contributed by atoms with Gasteiger partial charge >= 0.3 is 5.69 Å². The minimum absolute atomic E-state index is 0.0287. The van der Waals surface area contributed by atoms with Crippen LogP contribution < -0.4 is 15.7 Å². The van der Waals surface area contributed by atoms with Crippen LogP contribution in [0.2, 0.25) is 0 Å². The highest BCUT2D eigenvalue weighted by molar-refractivity contribution is 7.92. The number of carbonyl (C=O) groups excluding carboxylic acids is 1. The molecule has 0 aliphatic heterocycles. The van der Waals surface area contributed by atoms with Gasteiger partial charge in [-0.3, -0.25) is 18.2 Å². The summed E-state index contributed by atoms with van der Waals surface area (Å²) in [5, 5.41) is 0. The van der Waals surface area contributed by atoms with Gasteiger partial charge in [0.1, 0.15) is 6.54 Å². The van der Waals surface area contributed by atoms with Crippen LogP contribution in [0.5, 0.6) is 0 Å². The van der Waals surface area contributed by atoms with Crippen LogP contribution in [0.15, 0.2) is 52.2 Å². The molecule has 1 aromatic heterocycles. The van der Waals surface area contributed by atoms with Gasteiger partial charge in [0.05, 0.1) is 21.6 Å². The predicted molar refractivity (Wildman–Crippen MR) is 103 cm³/mol. The average Bonchev–Trinajstić information content (AvgIpc) is 2.83. The van der Waals surface area contributed by atoms with Crippen LogP contribution in [0, 0.1) is 6.92 Å². The molecule has 0 aliphatic rings. The molecule has 1 amide bonds. The maximum absolute atomic E-state index is 13.3. The molecule has 0 spiro atoms. The Kier molecular flexibility index (Phi) is 4.56. The van der Waals surface area contributed by atoms with Gasteiger partial charge in [0.15, 0.2) is 0 Å². The fourth-order valence-corrected chi connectivity index (χ4v) is 4.46. The highest BCUT2D eigenvalue weighted by Gasteiger charge is 2.27. The van der Waals surface area contributed by atoms with Crippen LogP contribution in [-0.2, 0) is 28.9 Å². The molecule has 0 aliphatic carbocycles. The van der Waals surface area contributed by atoms with Crippen LogP contribution in [0.1, 0.15) is 5.56 Å². The van der Waals surface area contributed by atoms with Gasteiger partial charge in [-0.2, -0.15) is 0 Å². The Balaban J connectivity index is 2.20. The van der Waals surface area contributed by atoms with Crippen molar-refractivity contribution in [3.05, 3.63) is 58.5 Å². The molecule has 2 aromatic carbocycles. The number of sulfonamides is 1. The van der Waals surface area contributed by atoms with Crippen molar-refractivity contribution >= 4 is 32.7 Å². The van der Waals surface area contributed by atoms with Crippen molar-refractivity contribution in [2.24, 2.45) is 19.8 Å². The van der Waals surface area contributed by atoms with Gasteiger partial charge in [0.25, 0.3) is 10.0 Å². The Hall–Kier alpha value is -3.07. The molecule has 0 unspecified atom stereocenters. The van der Waals surface area contributed by atoms with Crippen LogP contribution in [0.25, 0.3) is 11.0 Å². The lowest BCUT2D eigenvalue weighted by Gasteiger charge is -2.23. The number of carbonyl (C=O) groups is 1. The lowest BCUT2D eigenvalue weighted by molar-refractivity contribution is -0.116. The number of fused-ring (bicyclic) bond motifs is 1. The van der Waals surface area contributed by atoms with E-state index in [2.05, 4.69) is 0 Å². The van der Waals surface area contributed by atoms with Gasteiger partial charge in [0, 0.05) is 14.1 Å². The van der Waals surface area contributed by atoms with Crippen LogP contribution >= 0.6 is 0 Å². The van der Waals surface area contributed by atoms with Gasteiger partial charge in [-0.25, -0.2) is 13.2 Å². The molecular weight excluding hydrogens is 368 g/mol. The Bertz CT molecular complexity index is 1210. The van der Waals surface area contributed by atoms with Crippen molar-refractivity contribution in [2.75, 3.05) is 10.8 Å². The van der Waals surface area contributed by atoms with E-state index in [9.17, 15) is 18.0 Å². The highest BCUT2D eigenvalue weighted by atomic mass is 32.2. The Morgan fingerprint density at radius 3 is 2.37 bits per heavy atom. The first-order valence-corrected chi connectivity index (χ1v) is 9.60. The number of nitrogens with two attached hydrogens (primary N) is 1. The second-order valence-corrected chi connectivity index (χ2v) is 8.23. The third-order valence-corrected chi connectivity index (χ3v) is 6.19. The van der Waals surface area contributed by atoms with Crippen LogP contribution in [-0.4, -0.2) is 30.0 Å². The SMILES string of the molecule is Cc1cccc(N(CC(N)=O)S(=O)(=O)c2ccc3c(c2)n(C)c(=O)n3C)c1. The molecular formula is C18H20N4O4S. The zero-order chi connectivity index (χ0) is 19.9. The highest BCUT2D eigenvalue weighted by Crippen LogP contribution is 2.26. The zero-order valence-electron chi connectivity index (χ0n) is 15.2. The van der Waals surface area contributed by atoms with E-state index in [0.717, 1.165) is 9.87 Å². The van der Waals surface area contributed by atoms with Crippen molar-refractivity contribution in [1.82, 2.24) is 9.13 Å². The van der Waals surface area contributed by atoms with E-state index < -0.39 is 22.5 Å². The van der Waals surface area contributed by atoms with Gasteiger partial charge in [-0.15, -0.1) is 0 Å². The maximum atomic E-state index is 13.3. The largest absolute Gasteiger partial charge is 0.368 e. The van der Waals surface area contributed by atoms with E-state index in [1.54, 1.807) is 38.4 Å². The molecule has 0 atom stereocenters. The number of aromatic nitrogens is 2. The summed E-state index contributed by atoms with van der Waals surface area (Å²) in [6, 6.07) is 11.2. The molecule has 8 nitrogen and oxygen atoms in total. The third kappa shape index (κ3) is 3.21. The number of hydrogen-bond acceptors (Lipinski definition) is 4. The first kappa shape index (κ1) is 18.7. The summed E-state index contributed by atoms with van der Waals surface area (Å²) in [5.74, 6) is -0.770. The zero-order valence-corrected chi connectivity index (χ0v) is 16.0. The summed E-state index contributed by atoms with van der Waals surface area (Å²) in [4.78, 5) is 23.6. The standard InChI is InChI=1S/C18H20N4O4S/c1-12-5-4-6-13(9-12)22(11-17(19)23)27(25,26)14-7-8-15-16(10-14)21(3)18(24)20(15)2/h4-10H,11H2,1-3H3,(H2,19,23). The normalized spacial score (nSPS) is 11.7.